The molecule has 0 radical (unpaired) electrons. The van der Waals surface area contributed by atoms with Gasteiger partial charge in [0.15, 0.2) is 0 Å². The zero-order valence-electron chi connectivity index (χ0n) is 10.9. The topological polar surface area (TPSA) is 29.9 Å². The number of unbranched alkanes of at least 4 members (excludes halogenated alkanes) is 3. The lowest BCUT2D eigenvalue weighted by molar-refractivity contribution is 0.588. The maximum atomic E-state index is 4.32. The Hall–Kier alpha value is -0.990. The molecule has 0 fully saturated rings. The molecule has 0 amide bonds. The van der Waals surface area contributed by atoms with Gasteiger partial charge in [-0.05, 0) is 20.3 Å². The van der Waals surface area contributed by atoms with Crippen molar-refractivity contribution in [1.82, 2.24) is 9.55 Å². The number of nitrogens with zero attached hydrogens (tertiary/aromatic N) is 2. The second-order valence-electron chi connectivity index (χ2n) is 4.43. The number of nitrogens with one attached hydrogen (secondary N) is 1. The van der Waals surface area contributed by atoms with E-state index in [2.05, 4.69) is 35.6 Å². The molecule has 0 saturated carbocycles. The van der Waals surface area contributed by atoms with Gasteiger partial charge in [0, 0.05) is 25.0 Å². The number of hydrogen-bond donors (Lipinski definition) is 1. The van der Waals surface area contributed by atoms with Crippen LogP contribution in [-0.2, 0) is 6.54 Å². The van der Waals surface area contributed by atoms with E-state index in [4.69, 9.17) is 0 Å². The van der Waals surface area contributed by atoms with E-state index in [-0.39, 0.29) is 0 Å². The largest absolute Gasteiger partial charge is 0.353 e. The quantitative estimate of drug-likeness (QED) is 0.681. The summed E-state index contributed by atoms with van der Waals surface area (Å²) in [5.74, 6) is 1.01. The number of aromatic nitrogens is 2. The van der Waals surface area contributed by atoms with Crippen molar-refractivity contribution < 1.29 is 0 Å². The van der Waals surface area contributed by atoms with Gasteiger partial charge in [0.2, 0.25) is 5.95 Å². The smallest absolute Gasteiger partial charge is 0.202 e. The maximum Gasteiger partial charge on any atom is 0.202 e. The average molecular weight is 223 g/mol. The first-order valence-corrected chi connectivity index (χ1v) is 6.55. The molecule has 1 N–H and O–H groups in total. The summed E-state index contributed by atoms with van der Waals surface area (Å²) >= 11 is 0. The Bertz CT molecular complexity index is 280. The lowest BCUT2D eigenvalue weighted by Crippen LogP contribution is -2.18. The molecule has 0 saturated heterocycles. The normalized spacial score (nSPS) is 12.7. The maximum absolute atomic E-state index is 4.32. The molecular weight excluding hydrogens is 198 g/mol. The summed E-state index contributed by atoms with van der Waals surface area (Å²) in [4.78, 5) is 4.32. The van der Waals surface area contributed by atoms with E-state index in [1.807, 2.05) is 12.4 Å². The number of aryl methyl sites for hydroxylation is 1. The second-order valence-corrected chi connectivity index (χ2v) is 4.43. The van der Waals surface area contributed by atoms with Crippen molar-refractivity contribution in [3.8, 4) is 0 Å². The molecule has 0 bridgehead atoms. The first-order valence-electron chi connectivity index (χ1n) is 6.55. The average Bonchev–Trinajstić information content (AvgIpc) is 2.71. The molecule has 1 unspecified atom stereocenters. The molecule has 0 aromatic carbocycles. The number of rotatable bonds is 8. The van der Waals surface area contributed by atoms with Crippen molar-refractivity contribution in [2.75, 3.05) is 5.32 Å². The first-order chi connectivity index (χ1) is 7.77. The van der Waals surface area contributed by atoms with Crippen molar-refractivity contribution in [3.63, 3.8) is 0 Å². The van der Waals surface area contributed by atoms with Crippen LogP contribution in [0.1, 0.15) is 52.9 Å². The Balaban J connectivity index is 2.25. The van der Waals surface area contributed by atoms with E-state index in [9.17, 15) is 0 Å². The highest BCUT2D eigenvalue weighted by molar-refractivity contribution is 5.26. The molecule has 3 nitrogen and oxygen atoms in total. The van der Waals surface area contributed by atoms with E-state index in [0.717, 1.165) is 12.5 Å². The van der Waals surface area contributed by atoms with Crippen molar-refractivity contribution in [2.24, 2.45) is 0 Å². The fourth-order valence-corrected chi connectivity index (χ4v) is 1.87. The van der Waals surface area contributed by atoms with Crippen LogP contribution in [-0.4, -0.2) is 15.6 Å². The molecule has 92 valence electrons. The minimum absolute atomic E-state index is 0.518. The molecule has 1 atom stereocenters. The van der Waals surface area contributed by atoms with Crippen molar-refractivity contribution in [3.05, 3.63) is 12.4 Å². The Morgan fingerprint density at radius 1 is 1.31 bits per heavy atom. The van der Waals surface area contributed by atoms with Crippen LogP contribution in [0.15, 0.2) is 12.4 Å². The van der Waals surface area contributed by atoms with Gasteiger partial charge in [-0.25, -0.2) is 4.98 Å². The van der Waals surface area contributed by atoms with E-state index in [1.165, 1.54) is 32.1 Å². The van der Waals surface area contributed by atoms with Gasteiger partial charge < -0.3 is 9.88 Å². The molecule has 0 aliphatic heterocycles. The molecule has 16 heavy (non-hydrogen) atoms. The van der Waals surface area contributed by atoms with Crippen molar-refractivity contribution in [2.45, 2.75) is 65.5 Å². The van der Waals surface area contributed by atoms with Gasteiger partial charge in [0.25, 0.3) is 0 Å². The number of imidazole rings is 1. The minimum Gasteiger partial charge on any atom is -0.353 e. The van der Waals surface area contributed by atoms with Crippen LogP contribution in [0.2, 0.25) is 0 Å². The van der Waals surface area contributed by atoms with Gasteiger partial charge in [-0.2, -0.15) is 0 Å². The van der Waals surface area contributed by atoms with E-state index < -0.39 is 0 Å². The summed E-state index contributed by atoms with van der Waals surface area (Å²) in [6, 6.07) is 0.518. The van der Waals surface area contributed by atoms with E-state index in [1.54, 1.807) is 0 Å². The van der Waals surface area contributed by atoms with Crippen LogP contribution in [0.4, 0.5) is 5.95 Å². The van der Waals surface area contributed by atoms with Gasteiger partial charge >= 0.3 is 0 Å². The molecular formula is C13H25N3. The lowest BCUT2D eigenvalue weighted by Gasteiger charge is -2.15. The molecule has 1 aromatic rings. The van der Waals surface area contributed by atoms with Crippen molar-refractivity contribution >= 4 is 5.95 Å². The Labute approximate surface area is 99.3 Å². The molecule has 1 aromatic heterocycles. The van der Waals surface area contributed by atoms with Crippen molar-refractivity contribution in [1.29, 1.82) is 0 Å². The number of hydrogen-bond acceptors (Lipinski definition) is 2. The minimum atomic E-state index is 0.518. The fourth-order valence-electron chi connectivity index (χ4n) is 1.87. The van der Waals surface area contributed by atoms with E-state index in [0.29, 0.717) is 6.04 Å². The van der Waals surface area contributed by atoms with Gasteiger partial charge in [-0.15, -0.1) is 0 Å². The van der Waals surface area contributed by atoms with Gasteiger partial charge in [0.1, 0.15) is 0 Å². The van der Waals surface area contributed by atoms with Crippen LogP contribution in [0.3, 0.4) is 0 Å². The predicted octanol–water partition coefficient (Wildman–Crippen LogP) is 3.67. The summed E-state index contributed by atoms with van der Waals surface area (Å²) in [7, 11) is 0. The number of anilines is 1. The van der Waals surface area contributed by atoms with E-state index >= 15 is 0 Å². The summed E-state index contributed by atoms with van der Waals surface area (Å²) < 4.78 is 2.14. The summed E-state index contributed by atoms with van der Waals surface area (Å²) in [6.07, 6.45) is 10.4. The molecule has 0 spiro atoms. The van der Waals surface area contributed by atoms with Gasteiger partial charge in [-0.3, -0.25) is 0 Å². The molecule has 0 aliphatic rings. The third-order valence-electron chi connectivity index (χ3n) is 2.92. The van der Waals surface area contributed by atoms with Gasteiger partial charge in [0.05, 0.1) is 0 Å². The molecule has 0 aliphatic carbocycles. The van der Waals surface area contributed by atoms with Crippen LogP contribution in [0.25, 0.3) is 0 Å². The first kappa shape index (κ1) is 13.1. The predicted molar refractivity (Wildman–Crippen MR) is 69.7 cm³/mol. The van der Waals surface area contributed by atoms with Crippen LogP contribution < -0.4 is 5.32 Å². The standard InChI is InChI=1S/C13H25N3/c1-4-6-7-8-9-12(3)15-13-14-10-11-16(13)5-2/h10-12H,4-9H2,1-3H3,(H,14,15). The SMILES string of the molecule is CCCCCCC(C)Nc1nccn1CC. The summed E-state index contributed by atoms with van der Waals surface area (Å²) in [6.45, 7) is 7.60. The summed E-state index contributed by atoms with van der Waals surface area (Å²) in [5.41, 5.74) is 0. The Morgan fingerprint density at radius 3 is 2.81 bits per heavy atom. The highest BCUT2D eigenvalue weighted by atomic mass is 15.2. The third kappa shape index (κ3) is 4.25. The highest BCUT2D eigenvalue weighted by Crippen LogP contribution is 2.10. The molecule has 1 heterocycles. The Kier molecular flexibility index (Phi) is 5.98. The van der Waals surface area contributed by atoms with Crippen LogP contribution in [0, 0.1) is 0 Å². The highest BCUT2D eigenvalue weighted by Gasteiger charge is 2.05. The van der Waals surface area contributed by atoms with Gasteiger partial charge in [-0.1, -0.05) is 32.6 Å². The fraction of sp³-hybridized carbons (Fsp3) is 0.769. The zero-order chi connectivity index (χ0) is 11.8. The van der Waals surface area contributed by atoms with Crippen LogP contribution >= 0.6 is 0 Å². The third-order valence-corrected chi connectivity index (χ3v) is 2.92. The lowest BCUT2D eigenvalue weighted by atomic mass is 10.1. The van der Waals surface area contributed by atoms with Crippen LogP contribution in [0.5, 0.6) is 0 Å². The molecule has 3 heteroatoms. The zero-order valence-corrected chi connectivity index (χ0v) is 10.9. The second kappa shape index (κ2) is 7.31. The summed E-state index contributed by atoms with van der Waals surface area (Å²) in [5, 5.41) is 3.47. The Morgan fingerprint density at radius 2 is 2.12 bits per heavy atom. The monoisotopic (exact) mass is 223 g/mol. The molecule has 1 rings (SSSR count).